The second-order valence-corrected chi connectivity index (χ2v) is 2.06. The number of carbonyl (C=O) groups is 1. The standard InChI is InChI=1S/C8H4N2O2/c9-4-6(5-10)7-2-1-3-12-8(7)11/h1,3H,2H2. The predicted octanol–water partition coefficient (Wildman–Crippen LogP) is 0.791. The molecule has 0 aliphatic carbocycles. The fourth-order valence-electron chi connectivity index (χ4n) is 0.794. The summed E-state index contributed by atoms with van der Waals surface area (Å²) in [5.74, 6) is -0.615. The maximum atomic E-state index is 10.9. The molecule has 4 nitrogen and oxygen atoms in total. The van der Waals surface area contributed by atoms with Gasteiger partial charge in [-0.05, 0) is 6.08 Å². The molecule has 0 radical (unpaired) electrons. The van der Waals surface area contributed by atoms with E-state index in [1.54, 1.807) is 18.2 Å². The van der Waals surface area contributed by atoms with Crippen LogP contribution in [-0.4, -0.2) is 5.97 Å². The van der Waals surface area contributed by atoms with Crippen LogP contribution in [0.2, 0.25) is 0 Å². The van der Waals surface area contributed by atoms with Crippen LogP contribution in [0.3, 0.4) is 0 Å². The number of hydrogen-bond donors (Lipinski definition) is 0. The van der Waals surface area contributed by atoms with E-state index in [4.69, 9.17) is 10.5 Å². The summed E-state index contributed by atoms with van der Waals surface area (Å²) in [6.07, 6.45) is 3.11. The minimum absolute atomic E-state index is 0.127. The van der Waals surface area contributed by atoms with Gasteiger partial charge in [-0.25, -0.2) is 4.79 Å². The predicted molar refractivity (Wildman–Crippen MR) is 38.1 cm³/mol. The molecule has 0 bridgehead atoms. The molecule has 1 aliphatic heterocycles. The topological polar surface area (TPSA) is 73.9 Å². The fourth-order valence-corrected chi connectivity index (χ4v) is 0.794. The van der Waals surface area contributed by atoms with E-state index in [0.29, 0.717) is 0 Å². The first-order valence-electron chi connectivity index (χ1n) is 3.19. The Morgan fingerprint density at radius 3 is 2.67 bits per heavy atom. The average Bonchev–Trinajstić information content (AvgIpc) is 2.10. The van der Waals surface area contributed by atoms with Crippen LogP contribution < -0.4 is 0 Å². The molecular weight excluding hydrogens is 156 g/mol. The number of ether oxygens (including phenoxy) is 1. The number of cyclic esters (lactones) is 1. The summed E-state index contributed by atoms with van der Waals surface area (Å²) in [7, 11) is 0. The van der Waals surface area contributed by atoms with E-state index in [1.165, 1.54) is 6.26 Å². The maximum Gasteiger partial charge on any atom is 0.341 e. The molecule has 0 amide bonds. The molecular formula is C8H4N2O2. The van der Waals surface area contributed by atoms with E-state index in [2.05, 4.69) is 4.74 Å². The number of nitrogens with zero attached hydrogens (tertiary/aromatic N) is 2. The Kier molecular flexibility index (Phi) is 2.25. The van der Waals surface area contributed by atoms with Gasteiger partial charge in [0, 0.05) is 6.42 Å². The molecule has 1 aliphatic rings. The smallest absolute Gasteiger partial charge is 0.341 e. The van der Waals surface area contributed by atoms with Gasteiger partial charge in [0.2, 0.25) is 0 Å². The third kappa shape index (κ3) is 1.33. The molecule has 0 spiro atoms. The van der Waals surface area contributed by atoms with Gasteiger partial charge in [-0.1, -0.05) is 0 Å². The highest BCUT2D eigenvalue weighted by atomic mass is 16.5. The van der Waals surface area contributed by atoms with Crippen LogP contribution in [0.15, 0.2) is 23.5 Å². The first kappa shape index (κ1) is 8.03. The van der Waals surface area contributed by atoms with Crippen molar-refractivity contribution in [3.8, 4) is 12.1 Å². The second kappa shape index (κ2) is 3.36. The number of rotatable bonds is 0. The van der Waals surface area contributed by atoms with Gasteiger partial charge in [-0.2, -0.15) is 10.5 Å². The van der Waals surface area contributed by atoms with Gasteiger partial charge in [0.25, 0.3) is 0 Å². The number of nitriles is 2. The quantitative estimate of drug-likeness (QED) is 0.298. The molecule has 0 fully saturated rings. The first-order valence-corrected chi connectivity index (χ1v) is 3.19. The van der Waals surface area contributed by atoms with Gasteiger partial charge in [-0.15, -0.1) is 0 Å². The van der Waals surface area contributed by atoms with Crippen molar-refractivity contribution in [3.63, 3.8) is 0 Å². The highest BCUT2D eigenvalue weighted by Crippen LogP contribution is 2.15. The lowest BCUT2D eigenvalue weighted by Crippen LogP contribution is -2.09. The van der Waals surface area contributed by atoms with Crippen molar-refractivity contribution in [1.29, 1.82) is 10.5 Å². The van der Waals surface area contributed by atoms with Crippen molar-refractivity contribution in [2.75, 3.05) is 0 Å². The van der Waals surface area contributed by atoms with Crippen LogP contribution in [0.1, 0.15) is 6.42 Å². The lowest BCUT2D eigenvalue weighted by molar-refractivity contribution is -0.134. The van der Waals surface area contributed by atoms with E-state index in [1.807, 2.05) is 0 Å². The summed E-state index contributed by atoms with van der Waals surface area (Å²) in [5.41, 5.74) is -0.0492. The van der Waals surface area contributed by atoms with Crippen LogP contribution in [0.4, 0.5) is 0 Å². The van der Waals surface area contributed by atoms with E-state index < -0.39 is 5.97 Å². The molecule has 0 aromatic heterocycles. The molecule has 1 heterocycles. The third-order valence-corrected chi connectivity index (χ3v) is 1.37. The molecule has 0 aromatic carbocycles. The Bertz CT molecular complexity index is 336. The normalized spacial score (nSPS) is 14.5. The summed E-state index contributed by atoms with van der Waals surface area (Å²) >= 11 is 0. The van der Waals surface area contributed by atoms with Crippen LogP contribution >= 0.6 is 0 Å². The van der Waals surface area contributed by atoms with Crippen LogP contribution in [0.25, 0.3) is 0 Å². The van der Waals surface area contributed by atoms with Crippen LogP contribution in [0.5, 0.6) is 0 Å². The maximum absolute atomic E-state index is 10.9. The zero-order valence-electron chi connectivity index (χ0n) is 6.07. The van der Waals surface area contributed by atoms with Gasteiger partial charge in [-0.3, -0.25) is 0 Å². The first-order chi connectivity index (χ1) is 5.79. The van der Waals surface area contributed by atoms with Gasteiger partial charge < -0.3 is 4.74 Å². The Labute approximate surface area is 69.0 Å². The van der Waals surface area contributed by atoms with Gasteiger partial charge >= 0.3 is 5.97 Å². The molecule has 0 unspecified atom stereocenters. The van der Waals surface area contributed by atoms with Crippen molar-refractivity contribution in [1.82, 2.24) is 0 Å². The molecule has 0 aromatic rings. The van der Waals surface area contributed by atoms with Gasteiger partial charge in [0.1, 0.15) is 17.7 Å². The summed E-state index contributed by atoms with van der Waals surface area (Å²) in [5, 5.41) is 16.9. The Balaban J connectivity index is 3.11. The Morgan fingerprint density at radius 2 is 2.17 bits per heavy atom. The largest absolute Gasteiger partial charge is 0.431 e. The summed E-state index contributed by atoms with van der Waals surface area (Å²) < 4.78 is 4.50. The highest BCUT2D eigenvalue weighted by Gasteiger charge is 2.17. The number of hydrogen-bond acceptors (Lipinski definition) is 4. The van der Waals surface area contributed by atoms with E-state index in [-0.39, 0.29) is 17.6 Å². The van der Waals surface area contributed by atoms with Crippen molar-refractivity contribution in [2.45, 2.75) is 6.42 Å². The number of allylic oxidation sites excluding steroid dienone is 2. The van der Waals surface area contributed by atoms with Crippen molar-refractivity contribution in [3.05, 3.63) is 23.5 Å². The van der Waals surface area contributed by atoms with Crippen LogP contribution in [0, 0.1) is 22.7 Å². The van der Waals surface area contributed by atoms with Gasteiger partial charge in [0.05, 0.1) is 11.8 Å². The zero-order chi connectivity index (χ0) is 8.97. The third-order valence-electron chi connectivity index (χ3n) is 1.37. The second-order valence-electron chi connectivity index (χ2n) is 2.06. The Hall–Kier alpha value is -2.07. The van der Waals surface area contributed by atoms with Crippen LogP contribution in [-0.2, 0) is 9.53 Å². The molecule has 0 saturated heterocycles. The van der Waals surface area contributed by atoms with E-state index >= 15 is 0 Å². The molecule has 1 rings (SSSR count). The number of carbonyl (C=O) groups excluding carboxylic acids is 1. The molecule has 0 atom stereocenters. The summed E-state index contributed by atoms with van der Waals surface area (Å²) in [6.45, 7) is 0. The lowest BCUT2D eigenvalue weighted by atomic mass is 10.1. The average molecular weight is 160 g/mol. The van der Waals surface area contributed by atoms with Crippen molar-refractivity contribution in [2.24, 2.45) is 0 Å². The highest BCUT2D eigenvalue weighted by molar-refractivity contribution is 5.92. The SMILES string of the molecule is N#CC(C#N)=C1CC=COC1=O. The molecule has 0 N–H and O–H groups in total. The summed E-state index contributed by atoms with van der Waals surface area (Å²) in [4.78, 5) is 10.9. The Morgan fingerprint density at radius 1 is 1.50 bits per heavy atom. The monoisotopic (exact) mass is 160 g/mol. The molecule has 0 saturated carbocycles. The van der Waals surface area contributed by atoms with Crippen molar-refractivity contribution < 1.29 is 9.53 Å². The van der Waals surface area contributed by atoms with Crippen molar-refractivity contribution >= 4 is 5.97 Å². The molecule has 4 heteroatoms. The molecule has 58 valence electrons. The molecule has 12 heavy (non-hydrogen) atoms. The number of esters is 1. The van der Waals surface area contributed by atoms with E-state index in [0.717, 1.165) is 0 Å². The minimum atomic E-state index is -0.615. The zero-order valence-corrected chi connectivity index (χ0v) is 6.07. The minimum Gasteiger partial charge on any atom is -0.431 e. The lowest BCUT2D eigenvalue weighted by Gasteiger charge is -2.06. The fraction of sp³-hybridized carbons (Fsp3) is 0.125. The van der Waals surface area contributed by atoms with E-state index in [9.17, 15) is 4.79 Å². The summed E-state index contributed by atoms with van der Waals surface area (Å²) in [6, 6.07) is 3.27. The van der Waals surface area contributed by atoms with Gasteiger partial charge in [0.15, 0.2) is 0 Å².